The first kappa shape index (κ1) is 14.8. The third-order valence-electron chi connectivity index (χ3n) is 3.91. The molecule has 4 aromatic rings. The lowest BCUT2D eigenvalue weighted by atomic mass is 10.2. The summed E-state index contributed by atoms with van der Waals surface area (Å²) in [5.74, 6) is 0.231. The normalized spacial score (nSPS) is 12.7. The fraction of sp³-hybridized carbons (Fsp3) is 0.118. The van der Waals surface area contributed by atoms with Gasteiger partial charge in [-0.25, -0.2) is 5.10 Å². The number of hydrogen-bond donors (Lipinski definition) is 2. The second-order valence-electron chi connectivity index (χ2n) is 5.47. The van der Waals surface area contributed by atoms with Gasteiger partial charge in [0.15, 0.2) is 0 Å². The molecule has 6 nitrogen and oxygen atoms in total. The third-order valence-corrected chi connectivity index (χ3v) is 4.86. The van der Waals surface area contributed by atoms with Crippen molar-refractivity contribution in [1.82, 2.24) is 19.7 Å². The van der Waals surface area contributed by atoms with Crippen LogP contribution in [0.2, 0.25) is 0 Å². The van der Waals surface area contributed by atoms with Crippen molar-refractivity contribution < 1.29 is 4.79 Å². The average molecular weight is 337 g/mol. The van der Waals surface area contributed by atoms with E-state index < -0.39 is 0 Å². The Bertz CT molecular complexity index is 998. The molecule has 0 spiro atoms. The van der Waals surface area contributed by atoms with Gasteiger partial charge in [0.2, 0.25) is 17.0 Å². The standard InChI is InChI=1S/C17H15N5OS/c1-10(24-17-19-16(18)20-21-17)15(23)22-13-8-4-2-6-11(13)12-7-3-5-9-14(12)22/h2-10H,1H3,(H3,18,19,20,21)/t10-/m0/s1. The summed E-state index contributed by atoms with van der Waals surface area (Å²) in [4.78, 5) is 17.1. The third kappa shape index (κ3) is 2.33. The summed E-state index contributed by atoms with van der Waals surface area (Å²) in [6.07, 6.45) is 0. The van der Waals surface area contributed by atoms with E-state index in [9.17, 15) is 4.79 Å². The number of H-pyrrole nitrogens is 1. The summed E-state index contributed by atoms with van der Waals surface area (Å²) in [6.45, 7) is 1.85. The topological polar surface area (TPSA) is 89.6 Å². The van der Waals surface area contributed by atoms with Crippen LogP contribution in [0.5, 0.6) is 0 Å². The van der Waals surface area contributed by atoms with E-state index in [1.54, 1.807) is 4.57 Å². The molecule has 0 fully saturated rings. The van der Waals surface area contributed by atoms with Crippen molar-refractivity contribution >= 4 is 45.4 Å². The van der Waals surface area contributed by atoms with Gasteiger partial charge in [-0.2, -0.15) is 4.98 Å². The molecule has 0 bridgehead atoms. The molecule has 0 aliphatic heterocycles. The fourth-order valence-electron chi connectivity index (χ4n) is 2.86. The number of fused-ring (bicyclic) bond motifs is 3. The van der Waals surface area contributed by atoms with E-state index in [1.165, 1.54) is 11.8 Å². The van der Waals surface area contributed by atoms with E-state index in [0.29, 0.717) is 5.16 Å². The number of nitrogen functional groups attached to an aromatic ring is 1. The van der Waals surface area contributed by atoms with Crippen LogP contribution in [0.1, 0.15) is 11.7 Å². The highest BCUT2D eigenvalue weighted by atomic mass is 32.2. The Hall–Kier alpha value is -2.80. The Balaban J connectivity index is 1.80. The number of aromatic amines is 1. The maximum Gasteiger partial charge on any atom is 0.244 e. The van der Waals surface area contributed by atoms with Crippen molar-refractivity contribution in [1.29, 1.82) is 0 Å². The summed E-state index contributed by atoms with van der Waals surface area (Å²) in [7, 11) is 0. The number of carbonyl (C=O) groups excluding carboxylic acids is 1. The molecule has 0 saturated carbocycles. The van der Waals surface area contributed by atoms with Crippen LogP contribution in [-0.2, 0) is 0 Å². The van der Waals surface area contributed by atoms with Gasteiger partial charge < -0.3 is 5.73 Å². The summed E-state index contributed by atoms with van der Waals surface area (Å²) in [5, 5.41) is 8.83. The Morgan fingerprint density at radius 3 is 2.25 bits per heavy atom. The molecule has 3 N–H and O–H groups in total. The Morgan fingerprint density at radius 1 is 1.12 bits per heavy atom. The van der Waals surface area contributed by atoms with E-state index in [2.05, 4.69) is 15.2 Å². The van der Waals surface area contributed by atoms with Crippen molar-refractivity contribution in [2.24, 2.45) is 0 Å². The molecule has 0 radical (unpaired) electrons. The van der Waals surface area contributed by atoms with Gasteiger partial charge in [0.1, 0.15) is 0 Å². The van der Waals surface area contributed by atoms with Crippen LogP contribution in [0, 0.1) is 0 Å². The Labute approximate surface area is 142 Å². The van der Waals surface area contributed by atoms with Crippen molar-refractivity contribution in [3.63, 3.8) is 0 Å². The number of thioether (sulfide) groups is 1. The maximum absolute atomic E-state index is 13.1. The van der Waals surface area contributed by atoms with Crippen LogP contribution in [0.25, 0.3) is 21.8 Å². The van der Waals surface area contributed by atoms with E-state index in [-0.39, 0.29) is 17.1 Å². The SMILES string of the molecule is C[C@H](Sc1n[nH]c(N)n1)C(=O)n1c2ccccc2c2ccccc21. The largest absolute Gasteiger partial charge is 0.368 e. The van der Waals surface area contributed by atoms with Crippen LogP contribution >= 0.6 is 11.8 Å². The predicted molar refractivity (Wildman–Crippen MR) is 96.2 cm³/mol. The molecule has 2 aromatic carbocycles. The van der Waals surface area contributed by atoms with Gasteiger partial charge in [-0.05, 0) is 19.1 Å². The van der Waals surface area contributed by atoms with E-state index in [0.717, 1.165) is 21.8 Å². The monoisotopic (exact) mass is 337 g/mol. The minimum Gasteiger partial charge on any atom is -0.368 e. The molecule has 0 unspecified atom stereocenters. The Kier molecular flexibility index (Phi) is 3.50. The van der Waals surface area contributed by atoms with Gasteiger partial charge in [-0.1, -0.05) is 48.2 Å². The molecule has 2 heterocycles. The zero-order valence-corrected chi connectivity index (χ0v) is 13.7. The first-order valence-corrected chi connectivity index (χ1v) is 8.40. The molecule has 24 heavy (non-hydrogen) atoms. The summed E-state index contributed by atoms with van der Waals surface area (Å²) in [5.41, 5.74) is 7.36. The van der Waals surface area contributed by atoms with Crippen molar-refractivity contribution in [3.8, 4) is 0 Å². The number of hydrogen-bond acceptors (Lipinski definition) is 5. The summed E-state index contributed by atoms with van der Waals surface area (Å²) < 4.78 is 1.78. The molecule has 120 valence electrons. The Morgan fingerprint density at radius 2 is 1.71 bits per heavy atom. The number of anilines is 1. The highest BCUT2D eigenvalue weighted by molar-refractivity contribution is 8.00. The number of nitrogens with one attached hydrogen (secondary N) is 1. The molecule has 0 aliphatic rings. The average Bonchev–Trinajstić information content (AvgIpc) is 3.15. The summed E-state index contributed by atoms with van der Waals surface area (Å²) in [6, 6.07) is 15.9. The van der Waals surface area contributed by atoms with E-state index >= 15 is 0 Å². The van der Waals surface area contributed by atoms with Gasteiger partial charge in [-0.15, -0.1) is 5.10 Å². The molecular weight excluding hydrogens is 322 g/mol. The molecule has 0 saturated heterocycles. The van der Waals surface area contributed by atoms with Crippen molar-refractivity contribution in [3.05, 3.63) is 48.5 Å². The van der Waals surface area contributed by atoms with Crippen LogP contribution in [0.4, 0.5) is 5.95 Å². The number of nitrogens with zero attached hydrogens (tertiary/aromatic N) is 3. The quantitative estimate of drug-likeness (QED) is 0.560. The fourth-order valence-corrected chi connectivity index (χ4v) is 3.63. The maximum atomic E-state index is 13.1. The highest BCUT2D eigenvalue weighted by Crippen LogP contribution is 2.31. The minimum atomic E-state index is -0.348. The van der Waals surface area contributed by atoms with Gasteiger partial charge >= 0.3 is 0 Å². The molecule has 0 amide bonds. The number of rotatable bonds is 3. The molecule has 7 heteroatoms. The van der Waals surface area contributed by atoms with Crippen molar-refractivity contribution in [2.75, 3.05) is 5.73 Å². The van der Waals surface area contributed by atoms with Gasteiger partial charge in [-0.3, -0.25) is 9.36 Å². The molecule has 1 atom stereocenters. The predicted octanol–water partition coefficient (Wildman–Crippen LogP) is 3.32. The second-order valence-corrected chi connectivity index (χ2v) is 6.78. The molecule has 2 aromatic heterocycles. The zero-order valence-electron chi connectivity index (χ0n) is 12.9. The number of benzene rings is 2. The van der Waals surface area contributed by atoms with E-state index in [1.807, 2.05) is 55.5 Å². The van der Waals surface area contributed by atoms with Gasteiger partial charge in [0.25, 0.3) is 0 Å². The van der Waals surface area contributed by atoms with Gasteiger partial charge in [0.05, 0.1) is 16.3 Å². The molecule has 0 aliphatic carbocycles. The zero-order chi connectivity index (χ0) is 16.7. The van der Waals surface area contributed by atoms with Crippen LogP contribution < -0.4 is 5.73 Å². The number of carbonyl (C=O) groups is 1. The first-order chi connectivity index (χ1) is 11.6. The number of nitrogens with two attached hydrogens (primary N) is 1. The van der Waals surface area contributed by atoms with E-state index in [4.69, 9.17) is 5.73 Å². The van der Waals surface area contributed by atoms with Crippen molar-refractivity contribution in [2.45, 2.75) is 17.3 Å². The molecule has 4 rings (SSSR count). The minimum absolute atomic E-state index is 0.0132. The van der Waals surface area contributed by atoms with Crippen LogP contribution in [0.3, 0.4) is 0 Å². The lowest BCUT2D eigenvalue weighted by Crippen LogP contribution is -2.21. The van der Waals surface area contributed by atoms with Crippen LogP contribution in [0.15, 0.2) is 53.7 Å². The first-order valence-electron chi connectivity index (χ1n) is 7.52. The lowest BCUT2D eigenvalue weighted by molar-refractivity contribution is 0.0925. The highest BCUT2D eigenvalue weighted by Gasteiger charge is 2.22. The van der Waals surface area contributed by atoms with Gasteiger partial charge in [0, 0.05) is 10.8 Å². The lowest BCUT2D eigenvalue weighted by Gasteiger charge is -2.11. The molecular formula is C17H15N5OS. The second kappa shape index (κ2) is 5.68. The summed E-state index contributed by atoms with van der Waals surface area (Å²) >= 11 is 1.28. The van der Waals surface area contributed by atoms with Crippen LogP contribution in [-0.4, -0.2) is 30.9 Å². The number of para-hydroxylation sites is 2. The smallest absolute Gasteiger partial charge is 0.244 e. The number of aromatic nitrogens is 4.